The first-order valence-electron chi connectivity index (χ1n) is 11.6. The van der Waals surface area contributed by atoms with E-state index >= 15 is 0 Å². The SMILES string of the molecule is CCOc1ccc(-c2noc(C3CCN(S(=O)(=O)c4ccc(C(C)C)cc4)CC3)n2)cc1OC. The zero-order valence-electron chi connectivity index (χ0n) is 20.0. The van der Waals surface area contributed by atoms with Gasteiger partial charge in [0, 0.05) is 24.6 Å². The minimum Gasteiger partial charge on any atom is -0.493 e. The van der Waals surface area contributed by atoms with Gasteiger partial charge in [0.25, 0.3) is 0 Å². The van der Waals surface area contributed by atoms with Crippen LogP contribution in [0.1, 0.15) is 56.9 Å². The van der Waals surface area contributed by atoms with Gasteiger partial charge in [-0.3, -0.25) is 0 Å². The lowest BCUT2D eigenvalue weighted by molar-refractivity contribution is 0.271. The molecule has 1 fully saturated rings. The van der Waals surface area contributed by atoms with Gasteiger partial charge in [0.1, 0.15) is 0 Å². The predicted molar refractivity (Wildman–Crippen MR) is 129 cm³/mol. The van der Waals surface area contributed by atoms with E-state index in [1.165, 1.54) is 0 Å². The fourth-order valence-electron chi connectivity index (χ4n) is 4.12. The van der Waals surface area contributed by atoms with Crippen molar-refractivity contribution < 1.29 is 22.4 Å². The Labute approximate surface area is 200 Å². The smallest absolute Gasteiger partial charge is 0.243 e. The average Bonchev–Trinajstić information content (AvgIpc) is 3.35. The van der Waals surface area contributed by atoms with Crippen molar-refractivity contribution in [3.8, 4) is 22.9 Å². The lowest BCUT2D eigenvalue weighted by atomic mass is 9.98. The summed E-state index contributed by atoms with van der Waals surface area (Å²) in [4.78, 5) is 4.92. The molecule has 0 aliphatic carbocycles. The van der Waals surface area contributed by atoms with Gasteiger partial charge in [-0.1, -0.05) is 31.1 Å². The lowest BCUT2D eigenvalue weighted by Gasteiger charge is -2.29. The van der Waals surface area contributed by atoms with Crippen LogP contribution in [0.25, 0.3) is 11.4 Å². The molecule has 0 saturated carbocycles. The van der Waals surface area contributed by atoms with Crippen LogP contribution in [0.4, 0.5) is 0 Å². The summed E-state index contributed by atoms with van der Waals surface area (Å²) in [7, 11) is -1.94. The van der Waals surface area contributed by atoms with Gasteiger partial charge in [0.05, 0.1) is 18.6 Å². The van der Waals surface area contributed by atoms with Gasteiger partial charge in [0.2, 0.25) is 21.7 Å². The number of sulfonamides is 1. The highest BCUT2D eigenvalue weighted by Crippen LogP contribution is 2.34. The number of ether oxygens (including phenoxy) is 2. The molecule has 1 aromatic heterocycles. The standard InChI is InChI=1S/C25H31N3O5S/c1-5-32-22-11-8-20(16-23(22)31-4)24-26-25(33-27-24)19-12-14-28(15-13-19)34(29,30)21-9-6-18(7-10-21)17(2)3/h6-11,16-17,19H,5,12-15H2,1-4H3. The lowest BCUT2D eigenvalue weighted by Crippen LogP contribution is -2.37. The summed E-state index contributed by atoms with van der Waals surface area (Å²) >= 11 is 0. The summed E-state index contributed by atoms with van der Waals surface area (Å²) in [5.74, 6) is 2.63. The maximum absolute atomic E-state index is 13.1. The molecule has 34 heavy (non-hydrogen) atoms. The Morgan fingerprint density at radius 2 is 1.79 bits per heavy atom. The molecule has 0 amide bonds. The first kappa shape index (κ1) is 24.2. The maximum Gasteiger partial charge on any atom is 0.243 e. The van der Waals surface area contributed by atoms with Crippen LogP contribution in [0.15, 0.2) is 51.9 Å². The number of nitrogens with zero attached hydrogens (tertiary/aromatic N) is 3. The van der Waals surface area contributed by atoms with Crippen molar-refractivity contribution in [3.05, 3.63) is 53.9 Å². The summed E-state index contributed by atoms with van der Waals surface area (Å²) in [5, 5.41) is 4.14. The molecule has 1 aliphatic rings. The first-order valence-corrected chi connectivity index (χ1v) is 13.0. The van der Waals surface area contributed by atoms with Crippen molar-refractivity contribution in [2.45, 2.75) is 50.3 Å². The molecular weight excluding hydrogens is 454 g/mol. The van der Waals surface area contributed by atoms with E-state index in [0.717, 1.165) is 11.1 Å². The van der Waals surface area contributed by atoms with Crippen molar-refractivity contribution in [1.29, 1.82) is 0 Å². The third-order valence-electron chi connectivity index (χ3n) is 6.15. The molecule has 0 bridgehead atoms. The molecule has 8 nitrogen and oxygen atoms in total. The monoisotopic (exact) mass is 485 g/mol. The fraction of sp³-hybridized carbons (Fsp3) is 0.440. The third kappa shape index (κ3) is 4.95. The van der Waals surface area contributed by atoms with E-state index in [0.29, 0.717) is 66.6 Å². The van der Waals surface area contributed by atoms with Crippen molar-refractivity contribution in [2.24, 2.45) is 0 Å². The largest absolute Gasteiger partial charge is 0.493 e. The highest BCUT2D eigenvalue weighted by atomic mass is 32.2. The average molecular weight is 486 g/mol. The molecule has 0 atom stereocenters. The topological polar surface area (TPSA) is 94.8 Å². The second-order valence-corrected chi connectivity index (χ2v) is 10.6. The molecule has 1 saturated heterocycles. The van der Waals surface area contributed by atoms with Crippen LogP contribution in [0, 0.1) is 0 Å². The molecule has 1 aliphatic heterocycles. The molecule has 182 valence electrons. The van der Waals surface area contributed by atoms with E-state index in [1.54, 1.807) is 23.5 Å². The Bertz CT molecular complexity index is 1210. The van der Waals surface area contributed by atoms with E-state index in [1.807, 2.05) is 37.3 Å². The van der Waals surface area contributed by atoms with E-state index in [2.05, 4.69) is 24.0 Å². The Balaban J connectivity index is 1.43. The number of rotatable bonds is 8. The summed E-state index contributed by atoms with van der Waals surface area (Å²) in [6, 6.07) is 12.7. The van der Waals surface area contributed by atoms with Crippen LogP contribution < -0.4 is 9.47 Å². The number of piperidine rings is 1. The Kier molecular flexibility index (Phi) is 7.23. The molecule has 2 heterocycles. The van der Waals surface area contributed by atoms with Crippen LogP contribution in [0.5, 0.6) is 11.5 Å². The molecule has 0 spiro atoms. The van der Waals surface area contributed by atoms with E-state index in [9.17, 15) is 8.42 Å². The summed E-state index contributed by atoms with van der Waals surface area (Å²) in [6.07, 6.45) is 1.25. The van der Waals surface area contributed by atoms with E-state index < -0.39 is 10.0 Å². The zero-order valence-corrected chi connectivity index (χ0v) is 20.8. The second kappa shape index (κ2) is 10.1. The van der Waals surface area contributed by atoms with Crippen molar-refractivity contribution in [2.75, 3.05) is 26.8 Å². The second-order valence-electron chi connectivity index (χ2n) is 8.66. The Hall–Kier alpha value is -2.91. The molecule has 0 radical (unpaired) electrons. The molecule has 0 unspecified atom stereocenters. The summed E-state index contributed by atoms with van der Waals surface area (Å²) < 4.78 is 44.2. The fourth-order valence-corrected chi connectivity index (χ4v) is 5.59. The summed E-state index contributed by atoms with van der Waals surface area (Å²) in [5.41, 5.74) is 1.88. The molecular formula is C25H31N3O5S. The molecule has 0 N–H and O–H groups in total. The number of methoxy groups -OCH3 is 1. The van der Waals surface area contributed by atoms with Gasteiger partial charge >= 0.3 is 0 Å². The third-order valence-corrected chi connectivity index (χ3v) is 8.06. The van der Waals surface area contributed by atoms with Gasteiger partial charge in [-0.25, -0.2) is 8.42 Å². The van der Waals surface area contributed by atoms with Gasteiger partial charge in [-0.2, -0.15) is 9.29 Å². The number of aromatic nitrogens is 2. The highest BCUT2D eigenvalue weighted by Gasteiger charge is 2.32. The van der Waals surface area contributed by atoms with Gasteiger partial charge < -0.3 is 14.0 Å². The minimum absolute atomic E-state index is 0.0145. The van der Waals surface area contributed by atoms with Gasteiger partial charge in [0.15, 0.2) is 11.5 Å². The predicted octanol–water partition coefficient (Wildman–Crippen LogP) is 4.84. The molecule has 3 aromatic rings. The molecule has 4 rings (SSSR count). The number of hydrogen-bond acceptors (Lipinski definition) is 7. The Morgan fingerprint density at radius 1 is 1.09 bits per heavy atom. The first-order chi connectivity index (χ1) is 16.3. The van der Waals surface area contributed by atoms with Gasteiger partial charge in [-0.05, 0) is 61.6 Å². The van der Waals surface area contributed by atoms with E-state index in [4.69, 9.17) is 14.0 Å². The van der Waals surface area contributed by atoms with Crippen molar-refractivity contribution >= 4 is 10.0 Å². The zero-order chi connectivity index (χ0) is 24.3. The van der Waals surface area contributed by atoms with Crippen molar-refractivity contribution in [1.82, 2.24) is 14.4 Å². The van der Waals surface area contributed by atoms with Crippen LogP contribution in [0.2, 0.25) is 0 Å². The van der Waals surface area contributed by atoms with Crippen molar-refractivity contribution in [3.63, 3.8) is 0 Å². The maximum atomic E-state index is 13.1. The molecule has 2 aromatic carbocycles. The van der Waals surface area contributed by atoms with Crippen LogP contribution >= 0.6 is 0 Å². The van der Waals surface area contributed by atoms with Crippen LogP contribution in [-0.2, 0) is 10.0 Å². The molecule has 9 heteroatoms. The normalized spacial score (nSPS) is 15.6. The highest BCUT2D eigenvalue weighted by molar-refractivity contribution is 7.89. The quantitative estimate of drug-likeness (QED) is 0.451. The van der Waals surface area contributed by atoms with E-state index in [-0.39, 0.29) is 5.92 Å². The number of hydrogen-bond donors (Lipinski definition) is 0. The Morgan fingerprint density at radius 3 is 2.41 bits per heavy atom. The van der Waals surface area contributed by atoms with Crippen LogP contribution in [-0.4, -0.2) is 49.7 Å². The summed E-state index contributed by atoms with van der Waals surface area (Å²) in [6.45, 7) is 7.45. The minimum atomic E-state index is -3.52. The number of benzene rings is 2. The van der Waals surface area contributed by atoms with Gasteiger partial charge in [-0.15, -0.1) is 0 Å². The van der Waals surface area contributed by atoms with Crippen LogP contribution in [0.3, 0.4) is 0 Å².